The summed E-state index contributed by atoms with van der Waals surface area (Å²) in [6.07, 6.45) is 3.38. The standard InChI is InChI=1S/C15H22N2O.2BrH/c1-17-8-7-16-10-14(17)12-6-5-11-3-2-4-15(18)13(11)9-12;;/h2-4,12,14,16,18H,5-10H2,1H3;2*1H. The minimum absolute atomic E-state index is 0. The van der Waals surface area contributed by atoms with Crippen molar-refractivity contribution in [3.63, 3.8) is 0 Å². The number of nitrogens with one attached hydrogen (secondary N) is 1. The predicted molar refractivity (Wildman–Crippen MR) is 93.6 cm³/mol. The molecule has 1 aliphatic heterocycles. The normalized spacial score (nSPS) is 26.1. The van der Waals surface area contributed by atoms with Gasteiger partial charge in [-0.2, -0.15) is 0 Å². The number of aromatic hydroxyl groups is 1. The van der Waals surface area contributed by atoms with Gasteiger partial charge in [0.15, 0.2) is 0 Å². The number of phenolic OH excluding ortho intramolecular Hbond substituents is 1. The summed E-state index contributed by atoms with van der Waals surface area (Å²) < 4.78 is 0. The molecule has 1 aliphatic carbocycles. The highest BCUT2D eigenvalue weighted by atomic mass is 79.9. The SMILES string of the molecule is Br.Br.CN1CCNCC1C1CCc2cccc(O)c2C1. The first-order chi connectivity index (χ1) is 8.75. The van der Waals surface area contributed by atoms with E-state index in [0.29, 0.717) is 17.7 Å². The zero-order valence-corrected chi connectivity index (χ0v) is 15.3. The summed E-state index contributed by atoms with van der Waals surface area (Å²) in [4.78, 5) is 2.48. The fraction of sp³-hybridized carbons (Fsp3) is 0.600. The van der Waals surface area contributed by atoms with E-state index in [1.807, 2.05) is 12.1 Å². The molecule has 0 bridgehead atoms. The van der Waals surface area contributed by atoms with Crippen LogP contribution in [0, 0.1) is 5.92 Å². The Morgan fingerprint density at radius 1 is 1.30 bits per heavy atom. The summed E-state index contributed by atoms with van der Waals surface area (Å²) in [6, 6.07) is 6.56. The fourth-order valence-electron chi connectivity index (χ4n) is 3.48. The van der Waals surface area contributed by atoms with E-state index in [0.717, 1.165) is 32.5 Å². The van der Waals surface area contributed by atoms with Gasteiger partial charge in [-0.05, 0) is 49.4 Å². The van der Waals surface area contributed by atoms with Crippen molar-refractivity contribution in [3.8, 4) is 5.75 Å². The van der Waals surface area contributed by atoms with Gasteiger partial charge >= 0.3 is 0 Å². The number of phenols is 1. The number of piperazine rings is 1. The van der Waals surface area contributed by atoms with Crippen LogP contribution < -0.4 is 5.32 Å². The van der Waals surface area contributed by atoms with E-state index in [1.54, 1.807) is 0 Å². The van der Waals surface area contributed by atoms with Crippen LogP contribution in [0.25, 0.3) is 0 Å². The molecule has 0 spiro atoms. The van der Waals surface area contributed by atoms with Crippen LogP contribution >= 0.6 is 34.0 Å². The summed E-state index contributed by atoms with van der Waals surface area (Å²) >= 11 is 0. The average molecular weight is 408 g/mol. The molecule has 0 radical (unpaired) electrons. The molecular formula is C15H24Br2N2O. The number of hydrogen-bond donors (Lipinski definition) is 2. The molecule has 3 rings (SSSR count). The number of hydrogen-bond acceptors (Lipinski definition) is 3. The number of aryl methyl sites for hydroxylation is 1. The lowest BCUT2D eigenvalue weighted by molar-refractivity contribution is 0.132. The van der Waals surface area contributed by atoms with Gasteiger partial charge in [0.05, 0.1) is 0 Å². The molecule has 2 N–H and O–H groups in total. The lowest BCUT2D eigenvalue weighted by atomic mass is 9.79. The highest BCUT2D eigenvalue weighted by Gasteiger charge is 2.31. The number of fused-ring (bicyclic) bond motifs is 1. The summed E-state index contributed by atoms with van der Waals surface area (Å²) in [5.41, 5.74) is 2.53. The second-order valence-corrected chi connectivity index (χ2v) is 5.67. The third kappa shape index (κ3) is 3.56. The number of halogens is 2. The first-order valence-electron chi connectivity index (χ1n) is 6.96. The van der Waals surface area contributed by atoms with Gasteiger partial charge in [0.1, 0.15) is 5.75 Å². The molecule has 0 saturated carbocycles. The van der Waals surface area contributed by atoms with Crippen LogP contribution in [0.2, 0.25) is 0 Å². The van der Waals surface area contributed by atoms with Gasteiger partial charge in [-0.25, -0.2) is 0 Å². The third-order valence-electron chi connectivity index (χ3n) is 4.60. The molecule has 114 valence electrons. The molecule has 2 atom stereocenters. The lowest BCUT2D eigenvalue weighted by Crippen LogP contribution is -2.53. The number of benzene rings is 1. The second kappa shape index (κ2) is 7.78. The Labute approximate surface area is 142 Å². The smallest absolute Gasteiger partial charge is 0.119 e. The molecule has 0 amide bonds. The molecule has 0 aromatic heterocycles. The molecule has 1 aromatic rings. The van der Waals surface area contributed by atoms with E-state index in [1.165, 1.54) is 17.5 Å². The van der Waals surface area contributed by atoms with Crippen molar-refractivity contribution < 1.29 is 5.11 Å². The maximum atomic E-state index is 10.0. The zero-order valence-electron chi connectivity index (χ0n) is 11.8. The van der Waals surface area contributed by atoms with Crippen molar-refractivity contribution in [2.75, 3.05) is 26.7 Å². The Hall–Kier alpha value is -0.100. The molecular weight excluding hydrogens is 384 g/mol. The van der Waals surface area contributed by atoms with E-state index < -0.39 is 0 Å². The minimum atomic E-state index is 0. The predicted octanol–water partition coefficient (Wildman–Crippen LogP) is 2.56. The van der Waals surface area contributed by atoms with Crippen molar-refractivity contribution in [1.29, 1.82) is 0 Å². The monoisotopic (exact) mass is 406 g/mol. The van der Waals surface area contributed by atoms with Gasteiger partial charge in [-0.15, -0.1) is 34.0 Å². The van der Waals surface area contributed by atoms with E-state index in [2.05, 4.69) is 23.3 Å². The molecule has 1 fully saturated rings. The van der Waals surface area contributed by atoms with Crippen LogP contribution in [0.15, 0.2) is 18.2 Å². The molecule has 5 heteroatoms. The Bertz CT molecular complexity index is 442. The summed E-state index contributed by atoms with van der Waals surface area (Å²) in [5.74, 6) is 1.16. The molecule has 20 heavy (non-hydrogen) atoms. The van der Waals surface area contributed by atoms with Crippen LogP contribution in [0.3, 0.4) is 0 Å². The Kier molecular flexibility index (Phi) is 6.98. The first kappa shape index (κ1) is 18.0. The van der Waals surface area contributed by atoms with Gasteiger partial charge in [-0.3, -0.25) is 0 Å². The van der Waals surface area contributed by atoms with Gasteiger partial charge in [0.2, 0.25) is 0 Å². The topological polar surface area (TPSA) is 35.5 Å². The van der Waals surface area contributed by atoms with E-state index in [4.69, 9.17) is 0 Å². The van der Waals surface area contributed by atoms with Crippen LogP contribution in [0.5, 0.6) is 5.75 Å². The van der Waals surface area contributed by atoms with E-state index >= 15 is 0 Å². The van der Waals surface area contributed by atoms with Crippen molar-refractivity contribution >= 4 is 34.0 Å². The van der Waals surface area contributed by atoms with E-state index in [9.17, 15) is 5.11 Å². The Balaban J connectivity index is 0.000001000. The highest BCUT2D eigenvalue weighted by Crippen LogP contribution is 2.34. The quantitative estimate of drug-likeness (QED) is 0.750. The van der Waals surface area contributed by atoms with Gasteiger partial charge in [-0.1, -0.05) is 12.1 Å². The van der Waals surface area contributed by atoms with Gasteiger partial charge in [0, 0.05) is 25.7 Å². The first-order valence-corrected chi connectivity index (χ1v) is 6.96. The van der Waals surface area contributed by atoms with Crippen molar-refractivity contribution in [2.45, 2.75) is 25.3 Å². The zero-order chi connectivity index (χ0) is 12.5. The Morgan fingerprint density at radius 2 is 2.10 bits per heavy atom. The minimum Gasteiger partial charge on any atom is -0.508 e. The number of nitrogens with zero attached hydrogens (tertiary/aromatic N) is 1. The van der Waals surface area contributed by atoms with Crippen LogP contribution in [-0.4, -0.2) is 42.7 Å². The maximum Gasteiger partial charge on any atom is 0.119 e. The van der Waals surface area contributed by atoms with Crippen LogP contribution in [0.1, 0.15) is 17.5 Å². The van der Waals surface area contributed by atoms with Crippen molar-refractivity contribution in [2.24, 2.45) is 5.92 Å². The summed E-state index contributed by atoms with van der Waals surface area (Å²) in [6.45, 7) is 3.32. The van der Waals surface area contributed by atoms with Gasteiger partial charge in [0.25, 0.3) is 0 Å². The average Bonchev–Trinajstić information content (AvgIpc) is 2.40. The van der Waals surface area contributed by atoms with E-state index in [-0.39, 0.29) is 34.0 Å². The van der Waals surface area contributed by atoms with Crippen LogP contribution in [-0.2, 0) is 12.8 Å². The molecule has 1 saturated heterocycles. The van der Waals surface area contributed by atoms with Gasteiger partial charge < -0.3 is 15.3 Å². The summed E-state index contributed by atoms with van der Waals surface area (Å²) in [7, 11) is 2.23. The molecule has 1 aromatic carbocycles. The Morgan fingerprint density at radius 3 is 2.85 bits per heavy atom. The molecule has 1 heterocycles. The molecule has 3 nitrogen and oxygen atoms in total. The third-order valence-corrected chi connectivity index (χ3v) is 4.60. The van der Waals surface area contributed by atoms with Crippen molar-refractivity contribution in [3.05, 3.63) is 29.3 Å². The highest BCUT2D eigenvalue weighted by molar-refractivity contribution is 8.93. The second-order valence-electron chi connectivity index (χ2n) is 5.67. The number of likely N-dealkylation sites (N-methyl/N-ethyl adjacent to an activating group) is 1. The number of rotatable bonds is 1. The lowest BCUT2D eigenvalue weighted by Gasteiger charge is -2.40. The van der Waals surface area contributed by atoms with Crippen molar-refractivity contribution in [1.82, 2.24) is 10.2 Å². The largest absolute Gasteiger partial charge is 0.508 e. The van der Waals surface area contributed by atoms with Crippen LogP contribution in [0.4, 0.5) is 0 Å². The molecule has 2 unspecified atom stereocenters. The molecule has 2 aliphatic rings. The summed E-state index contributed by atoms with van der Waals surface area (Å²) in [5, 5.41) is 13.5. The fourth-order valence-corrected chi connectivity index (χ4v) is 3.48. The maximum absolute atomic E-state index is 10.0.